The highest BCUT2D eigenvalue weighted by Crippen LogP contribution is 2.32. The third kappa shape index (κ3) is 1.99. The average molecular weight is 266 g/mol. The number of aryl methyl sites for hydroxylation is 1. The molecular weight excluding hydrogens is 254 g/mol. The van der Waals surface area contributed by atoms with Gasteiger partial charge in [-0.05, 0) is 43.5 Å². The first-order valence-electron chi connectivity index (χ1n) is 5.37. The summed E-state index contributed by atoms with van der Waals surface area (Å²) in [6.45, 7) is 5.70. The first kappa shape index (κ1) is 12.6. The van der Waals surface area contributed by atoms with Crippen LogP contribution in [-0.4, -0.2) is 16.1 Å². The van der Waals surface area contributed by atoms with Crippen LogP contribution < -0.4 is 0 Å². The van der Waals surface area contributed by atoms with Gasteiger partial charge >= 0.3 is 5.97 Å². The number of aromatic nitrogens is 1. The Bertz CT molecular complexity index is 631. The minimum Gasteiger partial charge on any atom is -0.476 e. The minimum absolute atomic E-state index is 0.102. The van der Waals surface area contributed by atoms with E-state index in [0.29, 0.717) is 10.9 Å². The van der Waals surface area contributed by atoms with E-state index in [-0.39, 0.29) is 5.69 Å². The summed E-state index contributed by atoms with van der Waals surface area (Å²) in [7, 11) is 0. The maximum absolute atomic E-state index is 10.8. The summed E-state index contributed by atoms with van der Waals surface area (Å²) in [5.41, 5.74) is 3.45. The van der Waals surface area contributed by atoms with Gasteiger partial charge in [0, 0.05) is 10.6 Å². The number of hydrogen-bond donors (Lipinski definition) is 1. The van der Waals surface area contributed by atoms with E-state index in [4.69, 9.17) is 21.1 Å². The molecule has 0 saturated heterocycles. The van der Waals surface area contributed by atoms with Gasteiger partial charge in [-0.15, -0.1) is 0 Å². The van der Waals surface area contributed by atoms with Gasteiger partial charge in [-0.3, -0.25) is 0 Å². The molecule has 0 atom stereocenters. The summed E-state index contributed by atoms with van der Waals surface area (Å²) in [6, 6.07) is 1.85. The summed E-state index contributed by atoms with van der Waals surface area (Å²) in [5, 5.41) is 9.53. The molecular formula is C13H12ClNO3. The SMILES string of the molecule is Cc1cc(-c2nc(C(=O)O)co2)c(C)c(C)c1Cl. The van der Waals surface area contributed by atoms with Crippen molar-refractivity contribution in [3.05, 3.63) is 39.7 Å². The standard InChI is InChI=1S/C13H12ClNO3/c1-6-4-9(7(2)8(3)11(6)14)12-15-10(5-18-12)13(16)17/h4-5H,1-3H3,(H,16,17). The number of hydrogen-bond acceptors (Lipinski definition) is 3. The zero-order valence-electron chi connectivity index (χ0n) is 10.2. The zero-order valence-corrected chi connectivity index (χ0v) is 11.0. The van der Waals surface area contributed by atoms with Crippen LogP contribution in [0.15, 0.2) is 16.7 Å². The molecule has 0 aliphatic carbocycles. The van der Waals surface area contributed by atoms with Crippen molar-refractivity contribution in [1.29, 1.82) is 0 Å². The molecule has 1 N–H and O–H groups in total. The molecule has 1 heterocycles. The number of carboxylic acids is 1. The lowest BCUT2D eigenvalue weighted by Gasteiger charge is -2.10. The summed E-state index contributed by atoms with van der Waals surface area (Å²) in [6.07, 6.45) is 1.14. The molecule has 94 valence electrons. The van der Waals surface area contributed by atoms with Crippen LogP contribution in [0.1, 0.15) is 27.2 Å². The quantitative estimate of drug-likeness (QED) is 0.901. The Morgan fingerprint density at radius 3 is 2.56 bits per heavy atom. The number of carbonyl (C=O) groups is 1. The number of nitrogens with zero attached hydrogens (tertiary/aromatic N) is 1. The first-order chi connectivity index (χ1) is 8.41. The van der Waals surface area contributed by atoms with Crippen molar-refractivity contribution in [3.8, 4) is 11.5 Å². The van der Waals surface area contributed by atoms with E-state index in [1.54, 1.807) is 0 Å². The molecule has 1 aromatic heterocycles. The number of benzene rings is 1. The Hall–Kier alpha value is -1.81. The van der Waals surface area contributed by atoms with Crippen LogP contribution >= 0.6 is 11.6 Å². The average Bonchev–Trinajstić information content (AvgIpc) is 2.80. The maximum Gasteiger partial charge on any atom is 0.357 e. The lowest BCUT2D eigenvalue weighted by atomic mass is 10.00. The highest BCUT2D eigenvalue weighted by Gasteiger charge is 2.16. The molecule has 1 aromatic carbocycles. The lowest BCUT2D eigenvalue weighted by Crippen LogP contribution is -1.96. The fourth-order valence-corrected chi connectivity index (χ4v) is 1.96. The maximum atomic E-state index is 10.8. The lowest BCUT2D eigenvalue weighted by molar-refractivity contribution is 0.0690. The molecule has 0 aliphatic rings. The van der Waals surface area contributed by atoms with Crippen LogP contribution in [0.3, 0.4) is 0 Å². The van der Waals surface area contributed by atoms with Gasteiger partial charge in [0.15, 0.2) is 5.69 Å². The largest absolute Gasteiger partial charge is 0.476 e. The van der Waals surface area contributed by atoms with E-state index in [2.05, 4.69) is 4.98 Å². The molecule has 0 fully saturated rings. The van der Waals surface area contributed by atoms with Crippen LogP contribution in [0, 0.1) is 20.8 Å². The number of halogens is 1. The summed E-state index contributed by atoms with van der Waals surface area (Å²) >= 11 is 6.15. The molecule has 0 unspecified atom stereocenters. The van der Waals surface area contributed by atoms with E-state index in [1.807, 2.05) is 26.8 Å². The van der Waals surface area contributed by atoms with Crippen LogP contribution in [0.5, 0.6) is 0 Å². The Kier molecular flexibility index (Phi) is 3.13. The highest BCUT2D eigenvalue weighted by atomic mass is 35.5. The molecule has 0 aliphatic heterocycles. The van der Waals surface area contributed by atoms with Gasteiger partial charge in [0.1, 0.15) is 6.26 Å². The molecule has 5 heteroatoms. The molecule has 0 radical (unpaired) electrons. The van der Waals surface area contributed by atoms with Gasteiger partial charge in [0.2, 0.25) is 5.89 Å². The van der Waals surface area contributed by atoms with E-state index in [0.717, 1.165) is 28.5 Å². The summed E-state index contributed by atoms with van der Waals surface area (Å²) in [5.74, 6) is -0.808. The van der Waals surface area contributed by atoms with Crippen molar-refractivity contribution < 1.29 is 14.3 Å². The summed E-state index contributed by atoms with van der Waals surface area (Å²) < 4.78 is 5.21. The van der Waals surface area contributed by atoms with Crippen molar-refractivity contribution in [2.24, 2.45) is 0 Å². The summed E-state index contributed by atoms with van der Waals surface area (Å²) in [4.78, 5) is 14.7. The number of rotatable bonds is 2. The van der Waals surface area contributed by atoms with Crippen LogP contribution in [-0.2, 0) is 0 Å². The Labute approximate surface area is 109 Å². The molecule has 18 heavy (non-hydrogen) atoms. The second-order valence-electron chi connectivity index (χ2n) is 4.15. The highest BCUT2D eigenvalue weighted by molar-refractivity contribution is 6.32. The van der Waals surface area contributed by atoms with Gasteiger partial charge in [-0.1, -0.05) is 11.6 Å². The molecule has 0 saturated carbocycles. The van der Waals surface area contributed by atoms with Gasteiger partial charge in [0.05, 0.1) is 0 Å². The van der Waals surface area contributed by atoms with Gasteiger partial charge in [0.25, 0.3) is 0 Å². The van der Waals surface area contributed by atoms with E-state index < -0.39 is 5.97 Å². The molecule has 2 rings (SSSR count). The smallest absolute Gasteiger partial charge is 0.357 e. The van der Waals surface area contributed by atoms with Crippen molar-refractivity contribution in [2.75, 3.05) is 0 Å². The minimum atomic E-state index is -1.11. The van der Waals surface area contributed by atoms with Crippen molar-refractivity contribution in [3.63, 3.8) is 0 Å². The van der Waals surface area contributed by atoms with Gasteiger partial charge in [-0.2, -0.15) is 0 Å². The third-order valence-corrected chi connectivity index (χ3v) is 3.54. The monoisotopic (exact) mass is 265 g/mol. The van der Waals surface area contributed by atoms with Crippen molar-refractivity contribution >= 4 is 17.6 Å². The van der Waals surface area contributed by atoms with Crippen LogP contribution in [0.25, 0.3) is 11.5 Å². The normalized spacial score (nSPS) is 10.7. The second kappa shape index (κ2) is 4.46. The van der Waals surface area contributed by atoms with Gasteiger partial charge in [-0.25, -0.2) is 9.78 Å². The Morgan fingerprint density at radius 2 is 2.00 bits per heavy atom. The predicted molar refractivity (Wildman–Crippen MR) is 68.1 cm³/mol. The Balaban J connectivity index is 2.60. The van der Waals surface area contributed by atoms with E-state index >= 15 is 0 Å². The second-order valence-corrected chi connectivity index (χ2v) is 4.53. The van der Waals surface area contributed by atoms with E-state index in [9.17, 15) is 4.79 Å². The number of oxazole rings is 1. The van der Waals surface area contributed by atoms with Gasteiger partial charge < -0.3 is 9.52 Å². The number of carboxylic acid groups (broad SMARTS) is 1. The number of aromatic carboxylic acids is 1. The fourth-order valence-electron chi connectivity index (χ4n) is 1.77. The van der Waals surface area contributed by atoms with Crippen LogP contribution in [0.2, 0.25) is 5.02 Å². The van der Waals surface area contributed by atoms with Crippen molar-refractivity contribution in [2.45, 2.75) is 20.8 Å². The molecule has 4 nitrogen and oxygen atoms in total. The first-order valence-corrected chi connectivity index (χ1v) is 5.75. The zero-order chi connectivity index (χ0) is 13.4. The fraction of sp³-hybridized carbons (Fsp3) is 0.231. The molecule has 0 spiro atoms. The Morgan fingerprint density at radius 1 is 1.33 bits per heavy atom. The predicted octanol–water partition coefficient (Wildman–Crippen LogP) is 3.62. The van der Waals surface area contributed by atoms with Crippen molar-refractivity contribution in [1.82, 2.24) is 4.98 Å². The molecule has 2 aromatic rings. The molecule has 0 amide bonds. The topological polar surface area (TPSA) is 63.3 Å². The van der Waals surface area contributed by atoms with Crippen LogP contribution in [0.4, 0.5) is 0 Å². The van der Waals surface area contributed by atoms with E-state index in [1.165, 1.54) is 0 Å². The molecule has 0 bridgehead atoms. The third-order valence-electron chi connectivity index (χ3n) is 2.96.